The fraction of sp³-hybridized carbons (Fsp3) is 0.533. The van der Waals surface area contributed by atoms with Gasteiger partial charge >= 0.3 is 5.97 Å². The molecule has 104 valence electrons. The van der Waals surface area contributed by atoms with Crippen LogP contribution in [0.25, 0.3) is 0 Å². The lowest BCUT2D eigenvalue weighted by Gasteiger charge is -2.21. The van der Waals surface area contributed by atoms with E-state index >= 15 is 0 Å². The second kappa shape index (κ2) is 5.11. The number of rotatable bonds is 5. The highest BCUT2D eigenvalue weighted by Gasteiger charge is 2.35. The number of hydrogen-bond acceptors (Lipinski definition) is 3. The lowest BCUT2D eigenvalue weighted by Crippen LogP contribution is -2.11. The highest BCUT2D eigenvalue weighted by Crippen LogP contribution is 2.48. The molecule has 0 saturated heterocycles. The van der Waals surface area contributed by atoms with Crippen molar-refractivity contribution in [3.05, 3.63) is 22.8 Å². The minimum absolute atomic E-state index is 0.00648. The van der Waals surface area contributed by atoms with Gasteiger partial charge < -0.3 is 14.9 Å². The average Bonchev–Trinajstić information content (AvgIpc) is 3.15. The van der Waals surface area contributed by atoms with Crippen molar-refractivity contribution in [3.8, 4) is 11.5 Å². The summed E-state index contributed by atoms with van der Waals surface area (Å²) in [6.07, 6.45) is 2.27. The normalized spacial score (nSPS) is 16.2. The number of aromatic hydroxyl groups is 1. The maximum absolute atomic E-state index is 11.0. The number of carboxylic acid groups (broad SMARTS) is 1. The molecule has 2 rings (SSSR count). The van der Waals surface area contributed by atoms with Crippen LogP contribution < -0.4 is 4.74 Å². The molecule has 0 heterocycles. The first kappa shape index (κ1) is 13.7. The topological polar surface area (TPSA) is 66.8 Å². The van der Waals surface area contributed by atoms with Crippen molar-refractivity contribution in [3.63, 3.8) is 0 Å². The van der Waals surface area contributed by atoms with Gasteiger partial charge in [0.05, 0.1) is 13.5 Å². The molecule has 0 radical (unpaired) electrons. The largest absolute Gasteiger partial charge is 0.504 e. The Morgan fingerprint density at radius 2 is 2.05 bits per heavy atom. The van der Waals surface area contributed by atoms with Crippen molar-refractivity contribution in [2.45, 2.75) is 39.0 Å². The summed E-state index contributed by atoms with van der Waals surface area (Å²) in [6, 6.07) is 1.67. The highest BCUT2D eigenvalue weighted by molar-refractivity contribution is 5.69. The van der Waals surface area contributed by atoms with E-state index in [2.05, 4.69) is 0 Å². The lowest BCUT2D eigenvalue weighted by atomic mass is 9.86. The molecule has 1 aliphatic carbocycles. The minimum Gasteiger partial charge on any atom is -0.504 e. The number of hydrogen-bond donors (Lipinski definition) is 2. The molecule has 1 fully saturated rings. The van der Waals surface area contributed by atoms with E-state index in [0.717, 1.165) is 29.5 Å². The smallest absolute Gasteiger partial charge is 0.303 e. The zero-order chi connectivity index (χ0) is 14.2. The Labute approximate surface area is 113 Å². The van der Waals surface area contributed by atoms with Crippen LogP contribution in [0, 0.1) is 19.8 Å². The van der Waals surface area contributed by atoms with Gasteiger partial charge in [-0.25, -0.2) is 0 Å². The third kappa shape index (κ3) is 2.67. The summed E-state index contributed by atoms with van der Waals surface area (Å²) in [6.45, 7) is 3.85. The number of phenols is 1. The standard InChI is InChI=1S/C15H20O4/c1-8-9(2)15(19-3)13(16)6-11(8)12(7-14(17)18)10-4-5-10/h6,10,12,16H,4-5,7H2,1-3H3,(H,17,18). The van der Waals surface area contributed by atoms with E-state index in [4.69, 9.17) is 9.84 Å². The molecule has 0 bridgehead atoms. The van der Waals surface area contributed by atoms with Gasteiger partial charge in [-0.15, -0.1) is 0 Å². The van der Waals surface area contributed by atoms with Gasteiger partial charge in [0.2, 0.25) is 0 Å². The van der Waals surface area contributed by atoms with Crippen LogP contribution in [0.2, 0.25) is 0 Å². The fourth-order valence-corrected chi connectivity index (χ4v) is 2.76. The van der Waals surface area contributed by atoms with Crippen molar-refractivity contribution in [1.82, 2.24) is 0 Å². The zero-order valence-electron chi connectivity index (χ0n) is 11.6. The molecule has 0 aromatic heterocycles. The predicted molar refractivity (Wildman–Crippen MR) is 71.9 cm³/mol. The maximum atomic E-state index is 11.0. The van der Waals surface area contributed by atoms with E-state index in [1.807, 2.05) is 13.8 Å². The van der Waals surface area contributed by atoms with Crippen LogP contribution >= 0.6 is 0 Å². The predicted octanol–water partition coefficient (Wildman–Crippen LogP) is 2.99. The summed E-state index contributed by atoms with van der Waals surface area (Å²) in [4.78, 5) is 11.0. The second-order valence-electron chi connectivity index (χ2n) is 5.31. The lowest BCUT2D eigenvalue weighted by molar-refractivity contribution is -0.137. The Hall–Kier alpha value is -1.71. The number of methoxy groups -OCH3 is 1. The van der Waals surface area contributed by atoms with E-state index in [0.29, 0.717) is 11.7 Å². The molecular weight excluding hydrogens is 244 g/mol. The van der Waals surface area contributed by atoms with Gasteiger partial charge in [-0.05, 0) is 61.3 Å². The average molecular weight is 264 g/mol. The van der Waals surface area contributed by atoms with Gasteiger partial charge in [0.15, 0.2) is 11.5 Å². The molecule has 1 aromatic carbocycles. The summed E-state index contributed by atoms with van der Waals surface area (Å²) in [5.74, 6) is 0.210. The molecule has 1 unspecified atom stereocenters. The number of ether oxygens (including phenoxy) is 1. The molecule has 0 aliphatic heterocycles. The Kier molecular flexibility index (Phi) is 3.69. The SMILES string of the molecule is COc1c(O)cc(C(CC(=O)O)C2CC2)c(C)c1C. The number of phenolic OH excluding ortho intramolecular Hbond substituents is 1. The highest BCUT2D eigenvalue weighted by atomic mass is 16.5. The van der Waals surface area contributed by atoms with Crippen LogP contribution in [0.3, 0.4) is 0 Å². The van der Waals surface area contributed by atoms with Crippen LogP contribution in [-0.4, -0.2) is 23.3 Å². The van der Waals surface area contributed by atoms with E-state index in [1.165, 1.54) is 7.11 Å². The molecule has 1 saturated carbocycles. The summed E-state index contributed by atoms with van der Waals surface area (Å²) >= 11 is 0. The summed E-state index contributed by atoms with van der Waals surface area (Å²) in [5.41, 5.74) is 2.85. The molecule has 2 N–H and O–H groups in total. The Bertz CT molecular complexity index is 503. The van der Waals surface area contributed by atoms with Gasteiger partial charge in [0.25, 0.3) is 0 Å². The molecule has 1 aliphatic rings. The first-order valence-corrected chi connectivity index (χ1v) is 6.54. The number of carbonyl (C=O) groups is 1. The molecule has 1 atom stereocenters. The third-order valence-electron chi connectivity index (χ3n) is 4.05. The Morgan fingerprint density at radius 3 is 2.53 bits per heavy atom. The van der Waals surface area contributed by atoms with Crippen molar-refractivity contribution in [1.29, 1.82) is 0 Å². The number of carboxylic acids is 1. The van der Waals surface area contributed by atoms with Gasteiger partial charge in [-0.2, -0.15) is 0 Å². The van der Waals surface area contributed by atoms with Crippen LogP contribution in [0.4, 0.5) is 0 Å². The van der Waals surface area contributed by atoms with Crippen molar-refractivity contribution < 1.29 is 19.7 Å². The van der Waals surface area contributed by atoms with E-state index in [1.54, 1.807) is 6.07 Å². The molecule has 4 nitrogen and oxygen atoms in total. The summed E-state index contributed by atoms with van der Waals surface area (Å²) < 4.78 is 5.18. The maximum Gasteiger partial charge on any atom is 0.303 e. The number of aliphatic carboxylic acids is 1. The van der Waals surface area contributed by atoms with Gasteiger partial charge in [0, 0.05) is 0 Å². The summed E-state index contributed by atoms with van der Waals surface area (Å²) in [7, 11) is 1.52. The molecule has 0 spiro atoms. The van der Waals surface area contributed by atoms with Gasteiger partial charge in [0.1, 0.15) is 0 Å². The van der Waals surface area contributed by atoms with E-state index in [-0.39, 0.29) is 18.1 Å². The van der Waals surface area contributed by atoms with Gasteiger partial charge in [-0.1, -0.05) is 0 Å². The molecule has 0 amide bonds. The zero-order valence-corrected chi connectivity index (χ0v) is 11.6. The van der Waals surface area contributed by atoms with Crippen molar-refractivity contribution >= 4 is 5.97 Å². The first-order chi connectivity index (χ1) is 8.95. The van der Waals surface area contributed by atoms with E-state index < -0.39 is 5.97 Å². The minimum atomic E-state index is -0.788. The third-order valence-corrected chi connectivity index (χ3v) is 4.05. The van der Waals surface area contributed by atoms with E-state index in [9.17, 15) is 9.90 Å². The monoisotopic (exact) mass is 264 g/mol. The number of benzene rings is 1. The summed E-state index contributed by atoms with van der Waals surface area (Å²) in [5, 5.41) is 19.1. The van der Waals surface area contributed by atoms with Crippen LogP contribution in [-0.2, 0) is 4.79 Å². The molecular formula is C15H20O4. The molecule has 1 aromatic rings. The van der Waals surface area contributed by atoms with Crippen molar-refractivity contribution in [2.75, 3.05) is 7.11 Å². The fourth-order valence-electron chi connectivity index (χ4n) is 2.76. The van der Waals surface area contributed by atoms with Gasteiger partial charge in [-0.3, -0.25) is 4.79 Å². The van der Waals surface area contributed by atoms with Crippen LogP contribution in [0.15, 0.2) is 6.07 Å². The van der Waals surface area contributed by atoms with Crippen LogP contribution in [0.5, 0.6) is 11.5 Å². The second-order valence-corrected chi connectivity index (χ2v) is 5.31. The quantitative estimate of drug-likeness (QED) is 0.858. The Morgan fingerprint density at radius 1 is 1.42 bits per heavy atom. The van der Waals surface area contributed by atoms with Crippen molar-refractivity contribution in [2.24, 2.45) is 5.92 Å². The van der Waals surface area contributed by atoms with Crippen LogP contribution in [0.1, 0.15) is 41.9 Å². The Balaban J connectivity index is 2.45. The molecule has 19 heavy (non-hydrogen) atoms. The first-order valence-electron chi connectivity index (χ1n) is 6.54. The molecule has 4 heteroatoms.